The first-order chi connectivity index (χ1) is 7.17. The largest absolute Gasteiger partial charge is 0.508 e. The number of phenolic OH excluding ortho intramolecular Hbond substituents is 1. The molecule has 0 radical (unpaired) electrons. The van der Waals surface area contributed by atoms with Crippen molar-refractivity contribution in [1.29, 1.82) is 0 Å². The fourth-order valence-corrected chi connectivity index (χ4v) is 1.42. The summed E-state index contributed by atoms with van der Waals surface area (Å²) < 4.78 is 5.96. The lowest BCUT2D eigenvalue weighted by Crippen LogP contribution is -1.90. The molecule has 15 heavy (non-hydrogen) atoms. The third kappa shape index (κ3) is 3.57. The maximum atomic E-state index is 9.33. The van der Waals surface area contributed by atoms with E-state index in [4.69, 9.17) is 17.0 Å². The molecule has 0 heterocycles. The Hall–Kier alpha value is -1.00. The standard InChI is InChI=1S/C11H12O2S2/c1-13-10(7-11(14)15-2)8-4-3-5-9(12)6-8/h3-7,12H,1-2H3/b10-7-. The summed E-state index contributed by atoms with van der Waals surface area (Å²) in [4.78, 5) is 0. The number of rotatable bonds is 3. The smallest absolute Gasteiger partial charge is 0.128 e. The maximum absolute atomic E-state index is 9.33. The van der Waals surface area contributed by atoms with E-state index in [-0.39, 0.29) is 5.75 Å². The van der Waals surface area contributed by atoms with Crippen molar-refractivity contribution < 1.29 is 9.84 Å². The topological polar surface area (TPSA) is 29.5 Å². The van der Waals surface area contributed by atoms with Gasteiger partial charge in [0.2, 0.25) is 0 Å². The van der Waals surface area contributed by atoms with Crippen molar-refractivity contribution >= 4 is 33.9 Å². The first-order valence-corrected chi connectivity index (χ1v) is 5.93. The zero-order valence-electron chi connectivity index (χ0n) is 8.56. The molecule has 0 amide bonds. The van der Waals surface area contributed by atoms with Gasteiger partial charge in [-0.05, 0) is 18.4 Å². The second kappa shape index (κ2) is 5.78. The summed E-state index contributed by atoms with van der Waals surface area (Å²) in [6.07, 6.45) is 3.68. The minimum atomic E-state index is 0.213. The summed E-state index contributed by atoms with van der Waals surface area (Å²) in [6, 6.07) is 6.87. The molecule has 0 aromatic heterocycles. The van der Waals surface area contributed by atoms with Gasteiger partial charge in [-0.15, -0.1) is 11.8 Å². The van der Waals surface area contributed by atoms with E-state index in [1.807, 2.05) is 12.3 Å². The molecular weight excluding hydrogens is 228 g/mol. The number of hydrogen-bond donors (Lipinski definition) is 1. The van der Waals surface area contributed by atoms with Crippen LogP contribution in [0.4, 0.5) is 0 Å². The first-order valence-electron chi connectivity index (χ1n) is 4.30. The average molecular weight is 240 g/mol. The summed E-state index contributed by atoms with van der Waals surface area (Å²) in [6.45, 7) is 0. The van der Waals surface area contributed by atoms with Crippen molar-refractivity contribution in [3.8, 4) is 5.75 Å². The number of aromatic hydroxyl groups is 1. The van der Waals surface area contributed by atoms with Crippen LogP contribution in [-0.4, -0.2) is 22.7 Å². The van der Waals surface area contributed by atoms with E-state index < -0.39 is 0 Å². The van der Waals surface area contributed by atoms with Crippen LogP contribution in [0.3, 0.4) is 0 Å². The van der Waals surface area contributed by atoms with Crippen LogP contribution < -0.4 is 0 Å². The number of thioether (sulfide) groups is 1. The Morgan fingerprint density at radius 2 is 2.27 bits per heavy atom. The molecule has 80 valence electrons. The van der Waals surface area contributed by atoms with Crippen LogP contribution >= 0.6 is 24.0 Å². The Morgan fingerprint density at radius 3 is 2.80 bits per heavy atom. The van der Waals surface area contributed by atoms with Crippen LogP contribution in [0.1, 0.15) is 5.56 Å². The molecule has 1 aromatic carbocycles. The maximum Gasteiger partial charge on any atom is 0.128 e. The van der Waals surface area contributed by atoms with Gasteiger partial charge in [0, 0.05) is 11.6 Å². The summed E-state index contributed by atoms with van der Waals surface area (Å²) in [7, 11) is 1.58. The molecule has 0 bridgehead atoms. The molecule has 0 spiro atoms. The van der Waals surface area contributed by atoms with Crippen LogP contribution in [0.5, 0.6) is 5.75 Å². The highest BCUT2D eigenvalue weighted by atomic mass is 32.2. The zero-order valence-corrected chi connectivity index (χ0v) is 10.2. The van der Waals surface area contributed by atoms with Crippen LogP contribution in [0.2, 0.25) is 0 Å². The van der Waals surface area contributed by atoms with E-state index >= 15 is 0 Å². The van der Waals surface area contributed by atoms with E-state index in [1.165, 1.54) is 11.8 Å². The Labute approximate surface area is 99.0 Å². The van der Waals surface area contributed by atoms with Gasteiger partial charge < -0.3 is 9.84 Å². The second-order valence-corrected chi connectivity index (χ2v) is 4.33. The predicted molar refractivity (Wildman–Crippen MR) is 69.2 cm³/mol. The highest BCUT2D eigenvalue weighted by molar-refractivity contribution is 8.23. The van der Waals surface area contributed by atoms with Gasteiger partial charge in [0.05, 0.1) is 11.3 Å². The van der Waals surface area contributed by atoms with Crippen LogP contribution in [-0.2, 0) is 4.74 Å². The minimum absolute atomic E-state index is 0.213. The molecule has 0 aliphatic carbocycles. The molecule has 1 rings (SSSR count). The van der Waals surface area contributed by atoms with Crippen molar-refractivity contribution in [2.75, 3.05) is 13.4 Å². The Bertz CT molecular complexity index is 386. The molecular formula is C11H12O2S2. The summed E-state index contributed by atoms with van der Waals surface area (Å²) in [5, 5.41) is 9.33. The Morgan fingerprint density at radius 1 is 1.53 bits per heavy atom. The van der Waals surface area contributed by atoms with Crippen molar-refractivity contribution in [2.45, 2.75) is 0 Å². The van der Waals surface area contributed by atoms with E-state index in [1.54, 1.807) is 31.4 Å². The monoisotopic (exact) mass is 240 g/mol. The van der Waals surface area contributed by atoms with Crippen LogP contribution in [0.15, 0.2) is 30.3 Å². The van der Waals surface area contributed by atoms with Gasteiger partial charge in [-0.25, -0.2) is 0 Å². The van der Waals surface area contributed by atoms with E-state index in [0.29, 0.717) is 5.76 Å². The van der Waals surface area contributed by atoms with Gasteiger partial charge in [-0.1, -0.05) is 24.4 Å². The molecule has 4 heteroatoms. The highest BCUT2D eigenvalue weighted by Gasteiger charge is 2.03. The Balaban J connectivity index is 3.02. The van der Waals surface area contributed by atoms with E-state index in [0.717, 1.165) is 9.76 Å². The normalized spacial score (nSPS) is 11.2. The molecule has 0 unspecified atom stereocenters. The minimum Gasteiger partial charge on any atom is -0.508 e. The molecule has 0 aliphatic heterocycles. The number of thiocarbonyl (C=S) groups is 1. The lowest BCUT2D eigenvalue weighted by atomic mass is 10.2. The zero-order chi connectivity index (χ0) is 11.3. The molecule has 2 nitrogen and oxygen atoms in total. The molecule has 0 fully saturated rings. The fourth-order valence-electron chi connectivity index (χ4n) is 1.09. The first kappa shape index (κ1) is 12.1. The van der Waals surface area contributed by atoms with Gasteiger partial charge in [-0.2, -0.15) is 0 Å². The number of hydrogen-bond acceptors (Lipinski definition) is 4. The van der Waals surface area contributed by atoms with Crippen molar-refractivity contribution in [2.24, 2.45) is 0 Å². The van der Waals surface area contributed by atoms with Crippen molar-refractivity contribution in [3.63, 3.8) is 0 Å². The summed E-state index contributed by atoms with van der Waals surface area (Å²) in [5.41, 5.74) is 0.814. The number of ether oxygens (including phenoxy) is 1. The number of phenols is 1. The lowest BCUT2D eigenvalue weighted by Gasteiger charge is -2.06. The van der Waals surface area contributed by atoms with Crippen LogP contribution in [0, 0.1) is 0 Å². The molecule has 0 aliphatic rings. The summed E-state index contributed by atoms with van der Waals surface area (Å²) >= 11 is 6.55. The van der Waals surface area contributed by atoms with Gasteiger partial charge in [0.25, 0.3) is 0 Å². The average Bonchev–Trinajstić information content (AvgIpc) is 2.25. The molecule has 0 saturated heterocycles. The Kier molecular flexibility index (Phi) is 4.65. The van der Waals surface area contributed by atoms with Crippen molar-refractivity contribution in [3.05, 3.63) is 35.9 Å². The molecule has 0 saturated carbocycles. The SMILES string of the molecule is CO/C(=C\C(=S)SC)c1cccc(O)c1. The van der Waals surface area contributed by atoms with Gasteiger partial charge in [-0.3, -0.25) is 0 Å². The fraction of sp³-hybridized carbons (Fsp3) is 0.182. The van der Waals surface area contributed by atoms with Crippen LogP contribution in [0.25, 0.3) is 5.76 Å². The molecule has 1 aromatic rings. The van der Waals surface area contributed by atoms with Gasteiger partial charge >= 0.3 is 0 Å². The lowest BCUT2D eigenvalue weighted by molar-refractivity contribution is 0.370. The highest BCUT2D eigenvalue weighted by Crippen LogP contribution is 2.20. The van der Waals surface area contributed by atoms with Gasteiger partial charge in [0.15, 0.2) is 0 Å². The van der Waals surface area contributed by atoms with Crippen molar-refractivity contribution in [1.82, 2.24) is 0 Å². The number of benzene rings is 1. The quantitative estimate of drug-likeness (QED) is 0.499. The summed E-state index contributed by atoms with van der Waals surface area (Å²) in [5.74, 6) is 0.871. The van der Waals surface area contributed by atoms with E-state index in [9.17, 15) is 5.11 Å². The third-order valence-electron chi connectivity index (χ3n) is 1.80. The number of methoxy groups -OCH3 is 1. The van der Waals surface area contributed by atoms with Gasteiger partial charge in [0.1, 0.15) is 11.5 Å². The molecule has 1 N–H and O–H groups in total. The predicted octanol–water partition coefficient (Wildman–Crippen LogP) is 3.07. The molecule has 0 atom stereocenters. The second-order valence-electron chi connectivity index (χ2n) is 2.79. The third-order valence-corrected chi connectivity index (χ3v) is 2.94. The van der Waals surface area contributed by atoms with E-state index in [2.05, 4.69) is 0 Å².